The van der Waals surface area contributed by atoms with E-state index < -0.39 is 11.6 Å². The molecule has 0 unspecified atom stereocenters. The van der Waals surface area contributed by atoms with Crippen molar-refractivity contribution in [1.82, 2.24) is 0 Å². The van der Waals surface area contributed by atoms with Crippen LogP contribution in [0.3, 0.4) is 0 Å². The molecule has 0 fully saturated rings. The number of halogens is 2. The summed E-state index contributed by atoms with van der Waals surface area (Å²) >= 11 is 0. The molecule has 0 aliphatic rings. The fourth-order valence-electron chi connectivity index (χ4n) is 0.821. The Morgan fingerprint density at radius 3 is 2.50 bits per heavy atom. The van der Waals surface area contributed by atoms with E-state index in [4.69, 9.17) is 4.74 Å². The average Bonchev–Trinajstić information content (AvgIpc) is 1.96. The van der Waals surface area contributed by atoms with Gasteiger partial charge in [-0.25, -0.2) is 8.78 Å². The number of benzene rings is 1. The molecule has 0 aromatic heterocycles. The fraction of sp³-hybridized carbons (Fsp3) is 0.333. The number of hydrogen-bond acceptors (Lipinski definition) is 1. The molecule has 0 N–H and O–H groups in total. The van der Waals surface area contributed by atoms with Gasteiger partial charge in [-0.15, -0.1) is 0 Å². The molecule has 0 atom stereocenters. The SMILES string of the molecule is CC(C)Oc1cc(F)ccc1F. The second-order valence-electron chi connectivity index (χ2n) is 2.74. The topological polar surface area (TPSA) is 9.23 Å². The van der Waals surface area contributed by atoms with E-state index >= 15 is 0 Å². The lowest BCUT2D eigenvalue weighted by Crippen LogP contribution is -2.07. The van der Waals surface area contributed by atoms with Gasteiger partial charge in [0.1, 0.15) is 5.82 Å². The van der Waals surface area contributed by atoms with Crippen LogP contribution in [0.5, 0.6) is 5.75 Å². The van der Waals surface area contributed by atoms with Crippen molar-refractivity contribution in [3.63, 3.8) is 0 Å². The van der Waals surface area contributed by atoms with Gasteiger partial charge in [-0.05, 0) is 26.0 Å². The third kappa shape index (κ3) is 2.19. The Balaban J connectivity index is 2.90. The molecular weight excluding hydrogens is 162 g/mol. The van der Waals surface area contributed by atoms with Crippen molar-refractivity contribution in [2.75, 3.05) is 0 Å². The van der Waals surface area contributed by atoms with Crippen LogP contribution in [0.2, 0.25) is 0 Å². The highest BCUT2D eigenvalue weighted by atomic mass is 19.1. The summed E-state index contributed by atoms with van der Waals surface area (Å²) in [5.74, 6) is -1.07. The zero-order valence-corrected chi connectivity index (χ0v) is 6.97. The molecule has 0 amide bonds. The summed E-state index contributed by atoms with van der Waals surface area (Å²) in [6, 6.07) is 3.14. The van der Waals surface area contributed by atoms with E-state index in [0.29, 0.717) is 0 Å². The van der Waals surface area contributed by atoms with Crippen molar-refractivity contribution in [2.45, 2.75) is 20.0 Å². The lowest BCUT2D eigenvalue weighted by Gasteiger charge is -2.09. The number of hydrogen-bond donors (Lipinski definition) is 0. The molecule has 0 spiro atoms. The van der Waals surface area contributed by atoms with Crippen LogP contribution in [-0.4, -0.2) is 6.10 Å². The van der Waals surface area contributed by atoms with Crippen LogP contribution in [-0.2, 0) is 0 Å². The van der Waals surface area contributed by atoms with Gasteiger partial charge in [0.2, 0.25) is 0 Å². The second kappa shape index (κ2) is 3.52. The van der Waals surface area contributed by atoms with E-state index in [1.807, 2.05) is 0 Å². The third-order valence-corrected chi connectivity index (χ3v) is 1.26. The van der Waals surface area contributed by atoms with Gasteiger partial charge >= 0.3 is 0 Å². The first-order valence-electron chi connectivity index (χ1n) is 3.71. The van der Waals surface area contributed by atoms with Crippen molar-refractivity contribution in [3.8, 4) is 5.75 Å². The average molecular weight is 172 g/mol. The Bertz CT molecular complexity index is 271. The molecule has 0 radical (unpaired) electrons. The van der Waals surface area contributed by atoms with Crippen LogP contribution in [0.4, 0.5) is 8.78 Å². The summed E-state index contributed by atoms with van der Waals surface area (Å²) < 4.78 is 30.4. The lowest BCUT2D eigenvalue weighted by molar-refractivity contribution is 0.230. The molecule has 1 rings (SSSR count). The highest BCUT2D eigenvalue weighted by molar-refractivity contribution is 5.24. The number of ether oxygens (including phenoxy) is 1. The van der Waals surface area contributed by atoms with E-state index in [1.54, 1.807) is 13.8 Å². The Morgan fingerprint density at radius 1 is 1.25 bits per heavy atom. The molecule has 1 aromatic carbocycles. The van der Waals surface area contributed by atoms with Crippen LogP contribution in [0.25, 0.3) is 0 Å². The van der Waals surface area contributed by atoms with Crippen LogP contribution in [0, 0.1) is 11.6 Å². The van der Waals surface area contributed by atoms with Crippen molar-refractivity contribution < 1.29 is 13.5 Å². The standard InChI is InChI=1S/C9H10F2O/c1-6(2)12-9-5-7(10)3-4-8(9)11/h3-6H,1-2H3. The zero-order valence-electron chi connectivity index (χ0n) is 6.97. The van der Waals surface area contributed by atoms with Gasteiger partial charge in [-0.2, -0.15) is 0 Å². The van der Waals surface area contributed by atoms with Crippen molar-refractivity contribution in [1.29, 1.82) is 0 Å². The molecule has 1 aromatic rings. The maximum Gasteiger partial charge on any atom is 0.165 e. The monoisotopic (exact) mass is 172 g/mol. The predicted octanol–water partition coefficient (Wildman–Crippen LogP) is 2.75. The van der Waals surface area contributed by atoms with Gasteiger partial charge in [-0.1, -0.05) is 0 Å². The minimum atomic E-state index is -0.537. The maximum atomic E-state index is 12.8. The van der Waals surface area contributed by atoms with Crippen LogP contribution >= 0.6 is 0 Å². The van der Waals surface area contributed by atoms with Gasteiger partial charge in [0, 0.05) is 6.07 Å². The van der Waals surface area contributed by atoms with Crippen LogP contribution in [0.15, 0.2) is 18.2 Å². The first kappa shape index (κ1) is 8.97. The van der Waals surface area contributed by atoms with Gasteiger partial charge in [-0.3, -0.25) is 0 Å². The first-order chi connectivity index (χ1) is 5.59. The Labute approximate surface area is 70.0 Å². The molecule has 0 aliphatic heterocycles. The highest BCUT2D eigenvalue weighted by Crippen LogP contribution is 2.18. The third-order valence-electron chi connectivity index (χ3n) is 1.26. The summed E-state index contributed by atoms with van der Waals surface area (Å²) in [7, 11) is 0. The molecule has 3 heteroatoms. The zero-order chi connectivity index (χ0) is 9.14. The number of rotatable bonds is 2. The van der Waals surface area contributed by atoms with Crippen LogP contribution < -0.4 is 4.74 Å². The minimum absolute atomic E-state index is 0.0370. The first-order valence-corrected chi connectivity index (χ1v) is 3.71. The highest BCUT2D eigenvalue weighted by Gasteiger charge is 2.05. The van der Waals surface area contributed by atoms with Gasteiger partial charge in [0.25, 0.3) is 0 Å². The smallest absolute Gasteiger partial charge is 0.165 e. The summed E-state index contributed by atoms with van der Waals surface area (Å²) in [6.07, 6.45) is -0.152. The van der Waals surface area contributed by atoms with E-state index in [9.17, 15) is 8.78 Å². The Hall–Kier alpha value is -1.12. The lowest BCUT2D eigenvalue weighted by atomic mass is 10.3. The Kier molecular flexibility index (Phi) is 2.63. The Morgan fingerprint density at radius 2 is 1.92 bits per heavy atom. The quantitative estimate of drug-likeness (QED) is 0.666. The molecular formula is C9H10F2O. The summed E-state index contributed by atoms with van der Waals surface area (Å²) in [5, 5.41) is 0. The molecule has 0 saturated heterocycles. The maximum absolute atomic E-state index is 12.8. The summed E-state index contributed by atoms with van der Waals surface area (Å²) in [4.78, 5) is 0. The molecule has 0 aliphatic carbocycles. The van der Waals surface area contributed by atoms with E-state index in [-0.39, 0.29) is 11.9 Å². The van der Waals surface area contributed by atoms with Crippen molar-refractivity contribution >= 4 is 0 Å². The largest absolute Gasteiger partial charge is 0.488 e. The fourth-order valence-corrected chi connectivity index (χ4v) is 0.821. The molecule has 0 bridgehead atoms. The van der Waals surface area contributed by atoms with Crippen molar-refractivity contribution in [3.05, 3.63) is 29.8 Å². The van der Waals surface area contributed by atoms with E-state index in [0.717, 1.165) is 18.2 Å². The molecule has 1 nitrogen and oxygen atoms in total. The summed E-state index contributed by atoms with van der Waals surface area (Å²) in [5.41, 5.74) is 0. The second-order valence-corrected chi connectivity index (χ2v) is 2.74. The predicted molar refractivity (Wildman–Crippen MR) is 42.1 cm³/mol. The van der Waals surface area contributed by atoms with E-state index in [2.05, 4.69) is 0 Å². The van der Waals surface area contributed by atoms with E-state index in [1.165, 1.54) is 0 Å². The van der Waals surface area contributed by atoms with Gasteiger partial charge in [0.05, 0.1) is 6.10 Å². The van der Waals surface area contributed by atoms with Gasteiger partial charge < -0.3 is 4.74 Å². The minimum Gasteiger partial charge on any atom is -0.488 e. The summed E-state index contributed by atoms with van der Waals surface area (Å²) in [6.45, 7) is 3.51. The molecule has 0 saturated carbocycles. The van der Waals surface area contributed by atoms with Gasteiger partial charge in [0.15, 0.2) is 11.6 Å². The molecule has 0 heterocycles. The molecule has 12 heavy (non-hydrogen) atoms. The van der Waals surface area contributed by atoms with Crippen molar-refractivity contribution in [2.24, 2.45) is 0 Å². The normalized spacial score (nSPS) is 10.4. The molecule has 66 valence electrons. The van der Waals surface area contributed by atoms with Crippen LogP contribution in [0.1, 0.15) is 13.8 Å².